The molecule has 1 rings (SSSR count). The van der Waals surface area contributed by atoms with E-state index in [1.54, 1.807) is 0 Å². The number of hydrogen-bond acceptors (Lipinski definition) is 2. The Hall–Kier alpha value is -1.15. The molecule has 0 heterocycles. The van der Waals surface area contributed by atoms with Gasteiger partial charge in [0.15, 0.2) is 5.78 Å². The van der Waals surface area contributed by atoms with Crippen molar-refractivity contribution in [1.82, 2.24) is 0 Å². The Morgan fingerprint density at radius 2 is 1.67 bits per heavy atom. The van der Waals surface area contributed by atoms with Gasteiger partial charge in [-0.3, -0.25) is 4.79 Å². The zero-order chi connectivity index (χ0) is 14.2. The quantitative estimate of drug-likeness (QED) is 0.886. The molecule has 0 bridgehead atoms. The predicted molar refractivity (Wildman–Crippen MR) is 78.5 cm³/mol. The molecule has 2 N–H and O–H groups in total. The van der Waals surface area contributed by atoms with E-state index in [0.717, 1.165) is 12.8 Å². The molecular weight excluding hydrogens is 222 g/mol. The van der Waals surface area contributed by atoms with Gasteiger partial charge in [-0.2, -0.15) is 0 Å². The van der Waals surface area contributed by atoms with Gasteiger partial charge in [-0.05, 0) is 18.4 Å². The number of rotatable bonds is 4. The van der Waals surface area contributed by atoms with Crippen LogP contribution >= 0.6 is 0 Å². The summed E-state index contributed by atoms with van der Waals surface area (Å²) >= 11 is 0. The van der Waals surface area contributed by atoms with E-state index in [-0.39, 0.29) is 17.2 Å². The third kappa shape index (κ3) is 5.97. The number of ketones is 1. The summed E-state index contributed by atoms with van der Waals surface area (Å²) in [6, 6.07) is 9.78. The summed E-state index contributed by atoms with van der Waals surface area (Å²) in [7, 11) is 0. The maximum Gasteiger partial charge on any atom is 0.154 e. The van der Waals surface area contributed by atoms with Gasteiger partial charge in [0.25, 0.3) is 0 Å². The van der Waals surface area contributed by atoms with Gasteiger partial charge < -0.3 is 5.73 Å². The van der Waals surface area contributed by atoms with Crippen LogP contribution in [0.5, 0.6) is 0 Å². The first-order valence-electron chi connectivity index (χ1n) is 6.75. The van der Waals surface area contributed by atoms with Crippen LogP contribution in [-0.2, 0) is 11.2 Å². The lowest BCUT2D eigenvalue weighted by atomic mass is 9.85. The minimum atomic E-state index is -0.347. The average molecular weight is 249 g/mol. The second-order valence-corrected chi connectivity index (χ2v) is 5.25. The van der Waals surface area contributed by atoms with Crippen molar-refractivity contribution in [2.24, 2.45) is 11.1 Å². The van der Waals surface area contributed by atoms with E-state index in [2.05, 4.69) is 12.1 Å². The van der Waals surface area contributed by atoms with E-state index in [9.17, 15) is 4.79 Å². The molecule has 1 aromatic carbocycles. The summed E-state index contributed by atoms with van der Waals surface area (Å²) in [5.41, 5.74) is 6.80. The lowest BCUT2D eigenvalue weighted by molar-refractivity contribution is -0.127. The number of hydrogen-bond donors (Lipinski definition) is 1. The molecule has 0 saturated carbocycles. The minimum Gasteiger partial charge on any atom is -0.321 e. The third-order valence-electron chi connectivity index (χ3n) is 2.66. The summed E-state index contributed by atoms with van der Waals surface area (Å²) < 4.78 is 0. The lowest BCUT2D eigenvalue weighted by Crippen LogP contribution is -2.39. The first-order valence-corrected chi connectivity index (χ1v) is 6.75. The Morgan fingerprint density at radius 3 is 2.11 bits per heavy atom. The van der Waals surface area contributed by atoms with Crippen LogP contribution in [0.15, 0.2) is 30.3 Å². The van der Waals surface area contributed by atoms with Crippen molar-refractivity contribution in [2.75, 3.05) is 0 Å². The molecule has 0 radical (unpaired) electrons. The van der Waals surface area contributed by atoms with Crippen molar-refractivity contribution in [1.29, 1.82) is 0 Å². The molecule has 1 unspecified atom stereocenters. The highest BCUT2D eigenvalue weighted by atomic mass is 16.1. The summed E-state index contributed by atoms with van der Waals surface area (Å²) in [5, 5.41) is 0. The van der Waals surface area contributed by atoms with Crippen molar-refractivity contribution in [2.45, 2.75) is 53.5 Å². The van der Waals surface area contributed by atoms with Gasteiger partial charge in [-0.1, -0.05) is 65.0 Å². The Kier molecular flexibility index (Phi) is 7.53. The molecule has 0 fully saturated rings. The number of carbonyl (C=O) groups excluding carboxylic acids is 1. The van der Waals surface area contributed by atoms with Gasteiger partial charge in [0, 0.05) is 5.41 Å². The Bertz CT molecular complexity index is 338. The zero-order valence-corrected chi connectivity index (χ0v) is 12.4. The highest BCUT2D eigenvalue weighted by molar-refractivity contribution is 5.88. The summed E-state index contributed by atoms with van der Waals surface area (Å²) in [6.45, 7) is 9.74. The van der Waals surface area contributed by atoms with Gasteiger partial charge in [0.05, 0.1) is 6.04 Å². The van der Waals surface area contributed by atoms with E-state index in [1.165, 1.54) is 5.56 Å². The molecule has 18 heavy (non-hydrogen) atoms. The number of benzene rings is 1. The van der Waals surface area contributed by atoms with Crippen molar-refractivity contribution in [3.8, 4) is 0 Å². The molecule has 2 heteroatoms. The van der Waals surface area contributed by atoms with E-state index < -0.39 is 0 Å². The van der Waals surface area contributed by atoms with Crippen LogP contribution in [0.3, 0.4) is 0 Å². The van der Waals surface area contributed by atoms with E-state index in [1.807, 2.05) is 52.8 Å². The first kappa shape index (κ1) is 16.9. The maximum absolute atomic E-state index is 11.9. The Labute approximate surface area is 112 Å². The predicted octanol–water partition coefficient (Wildman–Crippen LogP) is 3.59. The van der Waals surface area contributed by atoms with Crippen LogP contribution in [0.25, 0.3) is 0 Å². The van der Waals surface area contributed by atoms with E-state index in [0.29, 0.717) is 0 Å². The highest BCUT2D eigenvalue weighted by Gasteiger charge is 2.26. The fourth-order valence-corrected chi connectivity index (χ4v) is 1.65. The first-order chi connectivity index (χ1) is 8.41. The Morgan fingerprint density at radius 1 is 1.17 bits per heavy atom. The fourth-order valence-electron chi connectivity index (χ4n) is 1.65. The van der Waals surface area contributed by atoms with Crippen LogP contribution < -0.4 is 5.73 Å². The lowest BCUT2D eigenvalue weighted by Gasteiger charge is -2.21. The normalized spacial score (nSPS) is 12.3. The van der Waals surface area contributed by atoms with Gasteiger partial charge in [0.2, 0.25) is 0 Å². The molecule has 2 nitrogen and oxygen atoms in total. The van der Waals surface area contributed by atoms with Crippen LogP contribution in [0.1, 0.15) is 46.6 Å². The second kappa shape index (κ2) is 8.04. The smallest absolute Gasteiger partial charge is 0.154 e. The second-order valence-electron chi connectivity index (χ2n) is 5.25. The zero-order valence-electron chi connectivity index (χ0n) is 12.4. The SMILES string of the molecule is CC.CC(C)(C)C(=O)C(N)CCc1ccccc1. The molecule has 0 aliphatic rings. The van der Waals surface area contributed by atoms with Crippen molar-refractivity contribution in [3.05, 3.63) is 35.9 Å². The van der Waals surface area contributed by atoms with Crippen LogP contribution in [0.4, 0.5) is 0 Å². The van der Waals surface area contributed by atoms with Crippen LogP contribution in [0, 0.1) is 5.41 Å². The van der Waals surface area contributed by atoms with Crippen molar-refractivity contribution >= 4 is 5.78 Å². The highest BCUT2D eigenvalue weighted by Crippen LogP contribution is 2.18. The molecule has 0 amide bonds. The molecule has 1 aromatic rings. The Balaban J connectivity index is 0.00000137. The van der Waals surface area contributed by atoms with Gasteiger partial charge >= 0.3 is 0 Å². The van der Waals surface area contributed by atoms with Crippen LogP contribution in [-0.4, -0.2) is 11.8 Å². The molecule has 0 aliphatic heterocycles. The van der Waals surface area contributed by atoms with Gasteiger partial charge in [-0.15, -0.1) is 0 Å². The molecular formula is C16H27NO. The van der Waals surface area contributed by atoms with E-state index >= 15 is 0 Å². The average Bonchev–Trinajstić information content (AvgIpc) is 2.37. The summed E-state index contributed by atoms with van der Waals surface area (Å²) in [6.07, 6.45) is 1.59. The largest absolute Gasteiger partial charge is 0.321 e. The summed E-state index contributed by atoms with van der Waals surface area (Å²) in [5.74, 6) is 0.142. The van der Waals surface area contributed by atoms with E-state index in [4.69, 9.17) is 5.73 Å². The van der Waals surface area contributed by atoms with Crippen molar-refractivity contribution in [3.63, 3.8) is 0 Å². The fraction of sp³-hybridized carbons (Fsp3) is 0.562. The monoisotopic (exact) mass is 249 g/mol. The number of carbonyl (C=O) groups is 1. The number of aryl methyl sites for hydroxylation is 1. The minimum absolute atomic E-state index is 0.142. The topological polar surface area (TPSA) is 43.1 Å². The molecule has 0 aromatic heterocycles. The van der Waals surface area contributed by atoms with Crippen LogP contribution in [0.2, 0.25) is 0 Å². The molecule has 102 valence electrons. The third-order valence-corrected chi connectivity index (χ3v) is 2.66. The van der Waals surface area contributed by atoms with Crippen molar-refractivity contribution < 1.29 is 4.79 Å². The molecule has 1 atom stereocenters. The molecule has 0 saturated heterocycles. The van der Waals surface area contributed by atoms with Gasteiger partial charge in [0.1, 0.15) is 0 Å². The van der Waals surface area contributed by atoms with Gasteiger partial charge in [-0.25, -0.2) is 0 Å². The molecule has 0 aliphatic carbocycles. The maximum atomic E-state index is 11.9. The summed E-state index contributed by atoms with van der Waals surface area (Å²) in [4.78, 5) is 11.9. The number of Topliss-reactive ketones (excluding diaryl/α,β-unsaturated/α-hetero) is 1. The standard InChI is InChI=1S/C14H21NO.C2H6/c1-14(2,3)13(16)12(15)10-9-11-7-5-4-6-8-11;1-2/h4-8,12H,9-10,15H2,1-3H3;1-2H3. The number of nitrogens with two attached hydrogens (primary N) is 1. The molecule has 0 spiro atoms.